The quantitative estimate of drug-likeness (QED) is 0.602. The molecule has 0 aromatic rings. The van der Waals surface area contributed by atoms with Gasteiger partial charge in [0.25, 0.3) is 0 Å². The van der Waals surface area contributed by atoms with Crippen molar-refractivity contribution in [2.45, 2.75) is 54.1 Å². The average molecular weight is 206 g/mol. The SMILES string of the molecule is CC1=C(C)C2(C)C(C)=C(C)C2(C)C1(C)O. The Kier molecular flexibility index (Phi) is 1.75. The smallest absolute Gasteiger partial charge is 0.0930 e. The van der Waals surface area contributed by atoms with E-state index in [9.17, 15) is 5.11 Å². The third-order valence-corrected chi connectivity index (χ3v) is 6.08. The lowest BCUT2D eigenvalue weighted by atomic mass is 9.45. The number of hydrogen-bond donors (Lipinski definition) is 1. The number of aliphatic hydroxyl groups is 1. The van der Waals surface area contributed by atoms with Crippen LogP contribution in [0.3, 0.4) is 0 Å². The Balaban J connectivity index is 2.76. The van der Waals surface area contributed by atoms with E-state index in [-0.39, 0.29) is 10.8 Å². The van der Waals surface area contributed by atoms with Crippen LogP contribution in [0.2, 0.25) is 0 Å². The molecule has 2 aliphatic carbocycles. The van der Waals surface area contributed by atoms with Gasteiger partial charge in [0.2, 0.25) is 0 Å². The van der Waals surface area contributed by atoms with Crippen LogP contribution in [0.15, 0.2) is 22.3 Å². The molecule has 0 amide bonds. The minimum Gasteiger partial charge on any atom is -0.385 e. The summed E-state index contributed by atoms with van der Waals surface area (Å²) in [5.74, 6) is 0. The molecule has 1 N–H and O–H groups in total. The number of allylic oxidation sites excluding steroid dienone is 2. The Morgan fingerprint density at radius 1 is 0.733 bits per heavy atom. The summed E-state index contributed by atoms with van der Waals surface area (Å²) in [6.45, 7) is 15.1. The molecule has 0 saturated heterocycles. The Labute approximate surface area is 92.9 Å². The van der Waals surface area contributed by atoms with Crippen molar-refractivity contribution in [3.63, 3.8) is 0 Å². The van der Waals surface area contributed by atoms with Crippen LogP contribution in [-0.4, -0.2) is 10.7 Å². The van der Waals surface area contributed by atoms with E-state index in [1.54, 1.807) is 0 Å². The molecule has 0 radical (unpaired) electrons. The Bertz CT molecular complexity index is 411. The van der Waals surface area contributed by atoms with Gasteiger partial charge in [0, 0.05) is 10.8 Å². The van der Waals surface area contributed by atoms with Crippen LogP contribution in [0.4, 0.5) is 0 Å². The second-order valence-electron chi connectivity index (χ2n) is 5.82. The summed E-state index contributed by atoms with van der Waals surface area (Å²) in [7, 11) is 0. The van der Waals surface area contributed by atoms with Gasteiger partial charge in [-0.15, -0.1) is 0 Å². The molecule has 3 unspecified atom stereocenters. The zero-order valence-corrected chi connectivity index (χ0v) is 10.9. The highest BCUT2D eigenvalue weighted by Crippen LogP contribution is 2.73. The number of hydrogen-bond acceptors (Lipinski definition) is 1. The number of rotatable bonds is 0. The lowest BCUT2D eigenvalue weighted by Gasteiger charge is -2.59. The van der Waals surface area contributed by atoms with E-state index in [1.807, 2.05) is 6.92 Å². The first-order valence-electron chi connectivity index (χ1n) is 5.72. The van der Waals surface area contributed by atoms with Crippen LogP contribution >= 0.6 is 0 Å². The topological polar surface area (TPSA) is 20.2 Å². The third kappa shape index (κ3) is 0.720. The Morgan fingerprint density at radius 2 is 1.13 bits per heavy atom. The van der Waals surface area contributed by atoms with Gasteiger partial charge in [0.05, 0.1) is 5.60 Å². The van der Waals surface area contributed by atoms with Crippen molar-refractivity contribution in [2.24, 2.45) is 10.8 Å². The first kappa shape index (κ1) is 10.9. The van der Waals surface area contributed by atoms with Crippen molar-refractivity contribution < 1.29 is 5.11 Å². The predicted molar refractivity (Wildman–Crippen MR) is 63.6 cm³/mol. The van der Waals surface area contributed by atoms with Crippen molar-refractivity contribution in [1.82, 2.24) is 0 Å². The number of fused-ring (bicyclic) bond motifs is 1. The monoisotopic (exact) mass is 206 g/mol. The molecular formula is C14H22O. The molecule has 0 aliphatic heterocycles. The maximum Gasteiger partial charge on any atom is 0.0930 e. The molecular weight excluding hydrogens is 184 g/mol. The van der Waals surface area contributed by atoms with Gasteiger partial charge in [-0.2, -0.15) is 0 Å². The van der Waals surface area contributed by atoms with Crippen LogP contribution in [0, 0.1) is 10.8 Å². The van der Waals surface area contributed by atoms with Gasteiger partial charge in [-0.05, 0) is 40.2 Å². The molecule has 0 aromatic carbocycles. The third-order valence-electron chi connectivity index (χ3n) is 6.08. The van der Waals surface area contributed by atoms with E-state index in [1.165, 1.54) is 16.7 Å². The van der Waals surface area contributed by atoms with Crippen molar-refractivity contribution in [3.8, 4) is 0 Å². The lowest BCUT2D eigenvalue weighted by molar-refractivity contribution is -0.0548. The lowest BCUT2D eigenvalue weighted by Crippen LogP contribution is -2.57. The summed E-state index contributed by atoms with van der Waals surface area (Å²) < 4.78 is 0. The zero-order valence-electron chi connectivity index (χ0n) is 10.9. The highest BCUT2D eigenvalue weighted by molar-refractivity contribution is 5.59. The van der Waals surface area contributed by atoms with Crippen LogP contribution in [0.1, 0.15) is 48.5 Å². The van der Waals surface area contributed by atoms with Crippen LogP contribution in [-0.2, 0) is 0 Å². The highest BCUT2D eigenvalue weighted by atomic mass is 16.3. The molecule has 0 bridgehead atoms. The van der Waals surface area contributed by atoms with Gasteiger partial charge in [0.1, 0.15) is 0 Å². The maximum absolute atomic E-state index is 10.7. The summed E-state index contributed by atoms with van der Waals surface area (Å²) in [4.78, 5) is 0. The Morgan fingerprint density at radius 3 is 1.53 bits per heavy atom. The second-order valence-corrected chi connectivity index (χ2v) is 5.82. The van der Waals surface area contributed by atoms with E-state index in [0.29, 0.717) is 0 Å². The standard InChI is InChI=1S/C14H22O/c1-8-10(3)13(6)12(8,5)9(2)11(4)14(13,7)15/h15H,1-7H3. The molecule has 0 heterocycles. The molecule has 84 valence electrons. The molecule has 2 rings (SSSR count). The van der Waals surface area contributed by atoms with Crippen molar-refractivity contribution in [3.05, 3.63) is 22.3 Å². The fourth-order valence-electron chi connectivity index (χ4n) is 4.06. The summed E-state index contributed by atoms with van der Waals surface area (Å²) in [6, 6.07) is 0. The van der Waals surface area contributed by atoms with E-state index >= 15 is 0 Å². The average Bonchev–Trinajstić information content (AvgIpc) is 2.29. The van der Waals surface area contributed by atoms with E-state index < -0.39 is 5.60 Å². The van der Waals surface area contributed by atoms with E-state index in [4.69, 9.17) is 0 Å². The molecule has 2 aliphatic rings. The molecule has 0 spiro atoms. The molecule has 1 heteroatoms. The largest absolute Gasteiger partial charge is 0.385 e. The fourth-order valence-corrected chi connectivity index (χ4v) is 4.06. The van der Waals surface area contributed by atoms with Crippen LogP contribution in [0.5, 0.6) is 0 Å². The first-order chi connectivity index (χ1) is 6.63. The van der Waals surface area contributed by atoms with E-state index in [0.717, 1.165) is 5.57 Å². The molecule has 0 aromatic heterocycles. The first-order valence-corrected chi connectivity index (χ1v) is 5.72. The molecule has 0 fully saturated rings. The van der Waals surface area contributed by atoms with Crippen molar-refractivity contribution in [1.29, 1.82) is 0 Å². The summed E-state index contributed by atoms with van der Waals surface area (Å²) in [5, 5.41) is 10.7. The van der Waals surface area contributed by atoms with Gasteiger partial charge >= 0.3 is 0 Å². The minimum absolute atomic E-state index is 0.0741. The summed E-state index contributed by atoms with van der Waals surface area (Å²) in [5.41, 5.74) is 4.62. The normalized spacial score (nSPS) is 49.6. The maximum atomic E-state index is 10.7. The summed E-state index contributed by atoms with van der Waals surface area (Å²) in [6.07, 6.45) is 0. The minimum atomic E-state index is -0.685. The van der Waals surface area contributed by atoms with Gasteiger partial charge in [0.15, 0.2) is 0 Å². The highest BCUT2D eigenvalue weighted by Gasteiger charge is 2.69. The van der Waals surface area contributed by atoms with Gasteiger partial charge in [-0.25, -0.2) is 0 Å². The summed E-state index contributed by atoms with van der Waals surface area (Å²) >= 11 is 0. The van der Waals surface area contributed by atoms with Gasteiger partial charge in [-0.3, -0.25) is 0 Å². The van der Waals surface area contributed by atoms with Gasteiger partial charge < -0.3 is 5.11 Å². The van der Waals surface area contributed by atoms with Gasteiger partial charge in [-0.1, -0.05) is 30.6 Å². The van der Waals surface area contributed by atoms with Crippen LogP contribution < -0.4 is 0 Å². The van der Waals surface area contributed by atoms with Crippen molar-refractivity contribution in [2.75, 3.05) is 0 Å². The molecule has 15 heavy (non-hydrogen) atoms. The fraction of sp³-hybridized carbons (Fsp3) is 0.714. The molecule has 0 saturated carbocycles. The zero-order chi connectivity index (χ0) is 11.8. The second kappa shape index (κ2) is 2.40. The Hall–Kier alpha value is -0.560. The molecule has 1 nitrogen and oxygen atoms in total. The van der Waals surface area contributed by atoms with E-state index in [2.05, 4.69) is 41.5 Å². The van der Waals surface area contributed by atoms with Crippen LogP contribution in [0.25, 0.3) is 0 Å². The molecule has 3 atom stereocenters. The predicted octanol–water partition coefficient (Wildman–Crippen LogP) is 3.45. The van der Waals surface area contributed by atoms with Crippen molar-refractivity contribution >= 4 is 0 Å².